The fourth-order valence-electron chi connectivity index (χ4n) is 3.97. The molecule has 0 radical (unpaired) electrons. The third-order valence-electron chi connectivity index (χ3n) is 5.42. The number of benzene rings is 4. The Kier molecular flexibility index (Phi) is 6.27. The number of fused-ring (bicyclic) bond motifs is 2. The quantitative estimate of drug-likeness (QED) is 0.308. The van der Waals surface area contributed by atoms with Gasteiger partial charge >= 0.3 is 5.97 Å². The molecule has 0 unspecified atom stereocenters. The average molecular weight is 412 g/mol. The summed E-state index contributed by atoms with van der Waals surface area (Å²) in [4.78, 5) is 25.6. The Morgan fingerprint density at radius 3 is 2.03 bits per heavy atom. The molecular weight excluding hydrogens is 386 g/mol. The molecule has 0 saturated carbocycles. The van der Waals surface area contributed by atoms with E-state index in [0.29, 0.717) is 5.56 Å². The smallest absolute Gasteiger partial charge is 0.339 e. The van der Waals surface area contributed by atoms with Crippen LogP contribution in [0.2, 0.25) is 0 Å². The van der Waals surface area contributed by atoms with Gasteiger partial charge in [0.25, 0.3) is 5.91 Å². The van der Waals surface area contributed by atoms with E-state index >= 15 is 0 Å². The molecule has 0 saturated heterocycles. The average Bonchev–Trinajstić information content (AvgIpc) is 2.81. The molecule has 1 amide bonds. The van der Waals surface area contributed by atoms with Gasteiger partial charge in [-0.1, -0.05) is 92.2 Å². The highest BCUT2D eigenvalue weighted by molar-refractivity contribution is 6.16. The van der Waals surface area contributed by atoms with E-state index in [1.807, 2.05) is 78.9 Å². The molecule has 4 rings (SSSR count). The molecule has 0 bridgehead atoms. The maximum Gasteiger partial charge on any atom is 0.339 e. The van der Waals surface area contributed by atoms with Crippen molar-refractivity contribution in [1.82, 2.24) is 5.32 Å². The second-order valence-electron chi connectivity index (χ2n) is 7.59. The number of hydrogen-bond acceptors (Lipinski definition) is 3. The number of amides is 1. The Morgan fingerprint density at radius 1 is 0.839 bits per heavy atom. The van der Waals surface area contributed by atoms with Crippen LogP contribution < -0.4 is 5.32 Å². The standard InChI is InChI=1S/C27H25NO3/c1-2-10-24(19-11-4-3-5-12-19)28-25(29)18-31-27(30)26-22-15-8-6-13-20(22)17-21-14-7-9-16-23(21)26/h3-9,11-17,24H,2,10,18H2,1H3,(H,28,29)/t24-/m1/s1. The van der Waals surface area contributed by atoms with Crippen molar-refractivity contribution in [2.75, 3.05) is 6.61 Å². The van der Waals surface area contributed by atoms with Gasteiger partial charge in [-0.15, -0.1) is 0 Å². The molecule has 0 fully saturated rings. The molecule has 0 aliphatic carbocycles. The van der Waals surface area contributed by atoms with Crippen LogP contribution in [0, 0.1) is 0 Å². The highest BCUT2D eigenvalue weighted by Crippen LogP contribution is 2.29. The van der Waals surface area contributed by atoms with Gasteiger partial charge in [0, 0.05) is 0 Å². The minimum atomic E-state index is -0.491. The van der Waals surface area contributed by atoms with E-state index < -0.39 is 5.97 Å². The summed E-state index contributed by atoms with van der Waals surface area (Å²) in [6.45, 7) is 1.76. The Morgan fingerprint density at radius 2 is 1.42 bits per heavy atom. The predicted molar refractivity (Wildman–Crippen MR) is 124 cm³/mol. The first-order valence-electron chi connectivity index (χ1n) is 10.6. The van der Waals surface area contributed by atoms with Crippen LogP contribution in [-0.4, -0.2) is 18.5 Å². The van der Waals surface area contributed by atoms with E-state index in [1.54, 1.807) is 0 Å². The lowest BCUT2D eigenvalue weighted by Gasteiger charge is -2.19. The third-order valence-corrected chi connectivity index (χ3v) is 5.42. The highest BCUT2D eigenvalue weighted by Gasteiger charge is 2.19. The van der Waals surface area contributed by atoms with Crippen molar-refractivity contribution in [2.45, 2.75) is 25.8 Å². The number of carbonyl (C=O) groups is 2. The van der Waals surface area contributed by atoms with Crippen molar-refractivity contribution in [3.63, 3.8) is 0 Å². The summed E-state index contributed by atoms with van der Waals surface area (Å²) in [6, 6.07) is 27.2. The molecule has 0 spiro atoms. The van der Waals surface area contributed by atoms with Crippen LogP contribution in [0.5, 0.6) is 0 Å². The summed E-state index contributed by atoms with van der Waals surface area (Å²) in [6.07, 6.45) is 1.75. The summed E-state index contributed by atoms with van der Waals surface area (Å²) in [5.74, 6) is -0.796. The van der Waals surface area contributed by atoms with Gasteiger partial charge in [-0.2, -0.15) is 0 Å². The van der Waals surface area contributed by atoms with Crippen LogP contribution in [0.15, 0.2) is 84.9 Å². The number of carbonyl (C=O) groups excluding carboxylic acids is 2. The van der Waals surface area contributed by atoms with Crippen LogP contribution in [0.4, 0.5) is 0 Å². The molecule has 1 atom stereocenters. The monoisotopic (exact) mass is 411 g/mol. The van der Waals surface area contributed by atoms with E-state index in [1.165, 1.54) is 0 Å². The van der Waals surface area contributed by atoms with Crippen molar-refractivity contribution < 1.29 is 14.3 Å². The van der Waals surface area contributed by atoms with Gasteiger partial charge < -0.3 is 10.1 Å². The van der Waals surface area contributed by atoms with Crippen molar-refractivity contribution in [2.24, 2.45) is 0 Å². The minimum Gasteiger partial charge on any atom is -0.452 e. The molecule has 31 heavy (non-hydrogen) atoms. The van der Waals surface area contributed by atoms with E-state index in [-0.39, 0.29) is 18.6 Å². The van der Waals surface area contributed by atoms with Crippen molar-refractivity contribution in [3.05, 3.63) is 96.1 Å². The normalized spacial score (nSPS) is 11.9. The Bertz CT molecular complexity index is 1160. The lowest BCUT2D eigenvalue weighted by Crippen LogP contribution is -2.32. The van der Waals surface area contributed by atoms with Gasteiger partial charge in [-0.05, 0) is 39.6 Å². The van der Waals surface area contributed by atoms with Gasteiger partial charge in [0.15, 0.2) is 6.61 Å². The van der Waals surface area contributed by atoms with Crippen molar-refractivity contribution in [1.29, 1.82) is 0 Å². The Balaban J connectivity index is 1.53. The van der Waals surface area contributed by atoms with Crippen molar-refractivity contribution >= 4 is 33.4 Å². The summed E-state index contributed by atoms with van der Waals surface area (Å²) in [7, 11) is 0. The lowest BCUT2D eigenvalue weighted by atomic mass is 9.97. The number of hydrogen-bond donors (Lipinski definition) is 1. The first-order valence-corrected chi connectivity index (χ1v) is 10.6. The number of esters is 1. The topological polar surface area (TPSA) is 55.4 Å². The highest BCUT2D eigenvalue weighted by atomic mass is 16.5. The first-order chi connectivity index (χ1) is 15.2. The molecule has 156 valence electrons. The Labute approximate surface area is 181 Å². The van der Waals surface area contributed by atoms with Crippen LogP contribution in [0.1, 0.15) is 41.7 Å². The molecule has 4 aromatic rings. The largest absolute Gasteiger partial charge is 0.452 e. The number of ether oxygens (including phenoxy) is 1. The van der Waals surface area contributed by atoms with E-state index in [2.05, 4.69) is 18.3 Å². The van der Waals surface area contributed by atoms with Gasteiger partial charge in [0.1, 0.15) is 0 Å². The second-order valence-corrected chi connectivity index (χ2v) is 7.59. The van der Waals surface area contributed by atoms with E-state index in [0.717, 1.165) is 39.9 Å². The summed E-state index contributed by atoms with van der Waals surface area (Å²) < 4.78 is 5.47. The van der Waals surface area contributed by atoms with Gasteiger partial charge in [-0.3, -0.25) is 4.79 Å². The Hall–Kier alpha value is -3.66. The molecule has 4 nitrogen and oxygen atoms in total. The van der Waals surface area contributed by atoms with Crippen LogP contribution in [0.25, 0.3) is 21.5 Å². The zero-order valence-electron chi connectivity index (χ0n) is 17.5. The van der Waals surface area contributed by atoms with Crippen LogP contribution >= 0.6 is 0 Å². The van der Waals surface area contributed by atoms with Gasteiger partial charge in [0.2, 0.25) is 0 Å². The molecule has 1 N–H and O–H groups in total. The molecule has 4 aromatic carbocycles. The zero-order valence-corrected chi connectivity index (χ0v) is 17.5. The fourth-order valence-corrected chi connectivity index (χ4v) is 3.97. The molecule has 0 aliphatic heterocycles. The lowest BCUT2D eigenvalue weighted by molar-refractivity contribution is -0.125. The third kappa shape index (κ3) is 4.58. The van der Waals surface area contributed by atoms with E-state index in [4.69, 9.17) is 4.74 Å². The summed E-state index contributed by atoms with van der Waals surface area (Å²) in [5, 5.41) is 6.56. The zero-order chi connectivity index (χ0) is 21.6. The second kappa shape index (κ2) is 9.43. The first kappa shape index (κ1) is 20.6. The number of rotatable bonds is 7. The van der Waals surface area contributed by atoms with Gasteiger partial charge in [-0.25, -0.2) is 4.79 Å². The van der Waals surface area contributed by atoms with Gasteiger partial charge in [0.05, 0.1) is 11.6 Å². The molecule has 0 aliphatic rings. The fraction of sp³-hybridized carbons (Fsp3) is 0.185. The number of nitrogens with one attached hydrogen (secondary N) is 1. The minimum absolute atomic E-state index is 0.101. The summed E-state index contributed by atoms with van der Waals surface area (Å²) >= 11 is 0. The summed E-state index contributed by atoms with van der Waals surface area (Å²) in [5.41, 5.74) is 1.54. The molecule has 0 aromatic heterocycles. The van der Waals surface area contributed by atoms with Crippen LogP contribution in [-0.2, 0) is 9.53 Å². The van der Waals surface area contributed by atoms with Crippen LogP contribution in [0.3, 0.4) is 0 Å². The predicted octanol–water partition coefficient (Wildman–Crippen LogP) is 5.81. The molecule has 4 heteroatoms. The van der Waals surface area contributed by atoms with Crippen molar-refractivity contribution in [3.8, 4) is 0 Å². The van der Waals surface area contributed by atoms with E-state index in [9.17, 15) is 9.59 Å². The SMILES string of the molecule is CCC[C@@H](NC(=O)COC(=O)c1c2ccccc2cc2ccccc12)c1ccccc1. The maximum atomic E-state index is 13.1. The molecular formula is C27H25NO3. The maximum absolute atomic E-state index is 13.1. The molecule has 0 heterocycles.